The molecule has 0 radical (unpaired) electrons. The van der Waals surface area contributed by atoms with Crippen molar-refractivity contribution in [3.8, 4) is 11.8 Å². The van der Waals surface area contributed by atoms with Crippen molar-refractivity contribution >= 4 is 11.6 Å². The average Bonchev–Trinajstić information content (AvgIpc) is 2.35. The van der Waals surface area contributed by atoms with Crippen LogP contribution in [0.25, 0.3) is 0 Å². The smallest absolute Gasteiger partial charge is 0.0839 e. The maximum absolute atomic E-state index is 5.63. The lowest BCUT2D eigenvalue weighted by Crippen LogP contribution is -1.98. The molecule has 0 heterocycles. The van der Waals surface area contributed by atoms with Crippen LogP contribution in [0, 0.1) is 11.8 Å². The van der Waals surface area contributed by atoms with Crippen LogP contribution in [-0.4, -0.2) is 5.88 Å². The maximum Gasteiger partial charge on any atom is 0.0839 e. The molecule has 0 saturated heterocycles. The first kappa shape index (κ1) is 13.1. The van der Waals surface area contributed by atoms with Crippen LogP contribution in [0.4, 0.5) is 0 Å². The zero-order chi connectivity index (χ0) is 12.0. The molecule has 0 bridgehead atoms. The highest BCUT2D eigenvalue weighted by Gasteiger charge is 2.06. The molecule has 0 unspecified atom stereocenters. The Bertz CT molecular complexity index is 382. The summed E-state index contributed by atoms with van der Waals surface area (Å²) in [4.78, 5) is 0. The summed E-state index contributed by atoms with van der Waals surface area (Å²) in [6, 6.07) is 4.55. The second-order valence-corrected chi connectivity index (χ2v) is 4.05. The number of aryl methyl sites for hydroxylation is 3. The molecule has 1 aromatic carbocycles. The van der Waals surface area contributed by atoms with Crippen molar-refractivity contribution in [1.29, 1.82) is 0 Å². The molecule has 0 amide bonds. The van der Waals surface area contributed by atoms with Crippen LogP contribution in [0.2, 0.25) is 0 Å². The molecule has 1 heteroatoms. The van der Waals surface area contributed by atoms with Gasteiger partial charge in [0.2, 0.25) is 0 Å². The summed E-state index contributed by atoms with van der Waals surface area (Å²) in [5, 5.41) is 0. The van der Waals surface area contributed by atoms with Gasteiger partial charge in [-0.2, -0.15) is 0 Å². The van der Waals surface area contributed by atoms with Crippen LogP contribution in [0.1, 0.15) is 43.0 Å². The molecule has 0 aliphatic carbocycles. The Balaban J connectivity index is 3.31. The van der Waals surface area contributed by atoms with Crippen molar-refractivity contribution in [2.75, 3.05) is 5.88 Å². The van der Waals surface area contributed by atoms with Crippen molar-refractivity contribution in [2.24, 2.45) is 0 Å². The van der Waals surface area contributed by atoms with E-state index in [0.29, 0.717) is 5.88 Å². The summed E-state index contributed by atoms with van der Waals surface area (Å²) in [5.74, 6) is 6.57. The summed E-state index contributed by atoms with van der Waals surface area (Å²) in [5.41, 5.74) is 5.32. The summed E-state index contributed by atoms with van der Waals surface area (Å²) in [6.45, 7) is 6.55. The monoisotopic (exact) mass is 234 g/mol. The minimum Gasteiger partial charge on any atom is -0.113 e. The van der Waals surface area contributed by atoms with Crippen LogP contribution in [0.5, 0.6) is 0 Å². The molecule has 0 fully saturated rings. The van der Waals surface area contributed by atoms with Crippen molar-refractivity contribution in [3.05, 3.63) is 34.4 Å². The molecule has 16 heavy (non-hydrogen) atoms. The molecule has 0 N–H and O–H groups in total. The van der Waals surface area contributed by atoms with E-state index in [4.69, 9.17) is 11.6 Å². The highest BCUT2D eigenvalue weighted by Crippen LogP contribution is 2.19. The number of alkyl halides is 1. The Labute approximate surface area is 104 Å². The molecule has 0 aromatic heterocycles. The maximum atomic E-state index is 5.63. The van der Waals surface area contributed by atoms with Gasteiger partial charge in [-0.15, -0.1) is 11.6 Å². The normalized spacial score (nSPS) is 9.75. The topological polar surface area (TPSA) is 0 Å². The van der Waals surface area contributed by atoms with E-state index in [1.165, 1.54) is 22.3 Å². The molecular weight excluding hydrogens is 216 g/mol. The van der Waals surface area contributed by atoms with Gasteiger partial charge < -0.3 is 0 Å². The van der Waals surface area contributed by atoms with Crippen molar-refractivity contribution < 1.29 is 0 Å². The average molecular weight is 235 g/mol. The number of hydrogen-bond acceptors (Lipinski definition) is 0. The van der Waals surface area contributed by atoms with Gasteiger partial charge >= 0.3 is 0 Å². The van der Waals surface area contributed by atoms with Gasteiger partial charge in [-0.3, -0.25) is 0 Å². The lowest BCUT2D eigenvalue weighted by Gasteiger charge is -2.10. The number of rotatable bonds is 3. The highest BCUT2D eigenvalue weighted by atomic mass is 35.5. The van der Waals surface area contributed by atoms with E-state index in [1.807, 2.05) is 0 Å². The van der Waals surface area contributed by atoms with E-state index in [0.717, 1.165) is 19.3 Å². The lowest BCUT2D eigenvalue weighted by molar-refractivity contribution is 1.03. The molecular formula is C15H19Cl. The second-order valence-electron chi connectivity index (χ2n) is 3.79. The fraction of sp³-hybridized carbons (Fsp3) is 0.467. The number of halogens is 1. The van der Waals surface area contributed by atoms with E-state index in [2.05, 4.69) is 44.7 Å². The fourth-order valence-corrected chi connectivity index (χ4v) is 1.95. The summed E-state index contributed by atoms with van der Waals surface area (Å²) >= 11 is 5.63. The molecule has 1 aromatic rings. The van der Waals surface area contributed by atoms with E-state index in [1.54, 1.807) is 0 Å². The Hall–Kier alpha value is -0.930. The Morgan fingerprint density at radius 3 is 1.94 bits per heavy atom. The zero-order valence-electron chi connectivity index (χ0n) is 10.4. The standard InChI is InChI=1S/C15H19Cl/c1-4-12-10-13(5-2)15(8-7-9-16)14(6-3)11-12/h10-11H,4-6,9H2,1-3H3. The van der Waals surface area contributed by atoms with Gasteiger partial charge in [0.25, 0.3) is 0 Å². The second kappa shape index (κ2) is 6.61. The third kappa shape index (κ3) is 3.03. The molecule has 0 aliphatic rings. The van der Waals surface area contributed by atoms with Crippen LogP contribution in [0.3, 0.4) is 0 Å². The van der Waals surface area contributed by atoms with Crippen molar-refractivity contribution in [1.82, 2.24) is 0 Å². The van der Waals surface area contributed by atoms with Crippen LogP contribution in [0.15, 0.2) is 12.1 Å². The third-order valence-electron chi connectivity index (χ3n) is 2.81. The van der Waals surface area contributed by atoms with Crippen LogP contribution >= 0.6 is 11.6 Å². The largest absolute Gasteiger partial charge is 0.113 e. The minimum atomic E-state index is 0.405. The van der Waals surface area contributed by atoms with E-state index in [9.17, 15) is 0 Å². The molecule has 1 rings (SSSR count). The highest BCUT2D eigenvalue weighted by molar-refractivity contribution is 6.19. The first-order chi connectivity index (χ1) is 7.76. The quantitative estimate of drug-likeness (QED) is 0.549. The van der Waals surface area contributed by atoms with Crippen molar-refractivity contribution in [3.63, 3.8) is 0 Å². The molecule has 0 saturated carbocycles. The van der Waals surface area contributed by atoms with E-state index in [-0.39, 0.29) is 0 Å². The Kier molecular flexibility index (Phi) is 5.43. The van der Waals surface area contributed by atoms with Gasteiger partial charge in [0.1, 0.15) is 0 Å². The minimum absolute atomic E-state index is 0.405. The van der Waals surface area contributed by atoms with Gasteiger partial charge in [-0.05, 0) is 36.0 Å². The fourth-order valence-electron chi connectivity index (χ4n) is 1.88. The first-order valence-electron chi connectivity index (χ1n) is 5.96. The Morgan fingerprint density at radius 1 is 1.00 bits per heavy atom. The molecule has 0 atom stereocenters. The third-order valence-corrected chi connectivity index (χ3v) is 2.95. The van der Waals surface area contributed by atoms with Gasteiger partial charge in [0.15, 0.2) is 0 Å². The zero-order valence-corrected chi connectivity index (χ0v) is 11.1. The van der Waals surface area contributed by atoms with Crippen molar-refractivity contribution in [2.45, 2.75) is 40.0 Å². The van der Waals surface area contributed by atoms with Gasteiger partial charge in [-0.25, -0.2) is 0 Å². The number of benzene rings is 1. The van der Waals surface area contributed by atoms with Crippen LogP contribution < -0.4 is 0 Å². The van der Waals surface area contributed by atoms with Crippen LogP contribution in [-0.2, 0) is 19.3 Å². The molecule has 0 spiro atoms. The van der Waals surface area contributed by atoms with Gasteiger partial charge in [0, 0.05) is 5.56 Å². The molecule has 86 valence electrons. The molecule has 0 aliphatic heterocycles. The summed E-state index contributed by atoms with van der Waals surface area (Å²) < 4.78 is 0. The van der Waals surface area contributed by atoms with Gasteiger partial charge in [0.05, 0.1) is 5.88 Å². The molecule has 0 nitrogen and oxygen atoms in total. The van der Waals surface area contributed by atoms with E-state index >= 15 is 0 Å². The summed E-state index contributed by atoms with van der Waals surface area (Å²) in [6.07, 6.45) is 3.16. The van der Waals surface area contributed by atoms with E-state index < -0.39 is 0 Å². The number of hydrogen-bond donors (Lipinski definition) is 0. The summed E-state index contributed by atoms with van der Waals surface area (Å²) in [7, 11) is 0. The lowest BCUT2D eigenvalue weighted by atomic mass is 9.94. The van der Waals surface area contributed by atoms with Gasteiger partial charge in [-0.1, -0.05) is 44.7 Å². The predicted molar refractivity (Wildman–Crippen MR) is 72.2 cm³/mol. The SMILES string of the molecule is CCc1cc(CC)c(C#CCCl)c(CC)c1. The predicted octanol–water partition coefficient (Wildman–Crippen LogP) is 3.96. The first-order valence-corrected chi connectivity index (χ1v) is 6.49. The Morgan fingerprint density at radius 2 is 1.56 bits per heavy atom.